The molecule has 0 saturated heterocycles. The predicted molar refractivity (Wildman–Crippen MR) is 0.686 cm³/mol. The second kappa shape index (κ2) is 19.3. The average molecular weight is 205 g/mol. The van der Waals surface area contributed by atoms with E-state index in [4.69, 9.17) is 0 Å². The van der Waals surface area contributed by atoms with Crippen molar-refractivity contribution in [2.75, 3.05) is 0 Å². The molecule has 0 aliphatic rings. The number of hydrogen-bond donors (Lipinski definition) is 0. The van der Waals surface area contributed by atoms with Gasteiger partial charge in [-0.05, 0) is 0 Å². The summed E-state index contributed by atoms with van der Waals surface area (Å²) in [4.78, 5) is 0. The molecule has 0 aliphatic carbocycles. The number of hydrogen-bond acceptors (Lipinski definition) is 0. The van der Waals surface area contributed by atoms with Gasteiger partial charge in [0.15, 0.2) is 0 Å². The maximum atomic E-state index is 0. The zero-order valence-corrected chi connectivity index (χ0v) is 7.18. The van der Waals surface area contributed by atoms with Crippen LogP contribution in [0.2, 0.25) is 0 Å². The summed E-state index contributed by atoms with van der Waals surface area (Å²) in [5.74, 6) is 0. The Kier molecular flexibility index (Phi) is 172. The van der Waals surface area contributed by atoms with Crippen molar-refractivity contribution in [3.8, 4) is 0 Å². The standard InChI is InChI=1S/Nb.O.2Ti/q+5;-2;2*+4. The van der Waals surface area contributed by atoms with Gasteiger partial charge in [-0.1, -0.05) is 0 Å². The Morgan fingerprint density at radius 3 is 0.750 bits per heavy atom. The molecule has 0 N–H and O–H groups in total. The molecule has 0 fully saturated rings. The molecule has 0 atom stereocenters. The molecular weight excluding hydrogens is 205 g/mol. The second-order valence-electron chi connectivity index (χ2n) is 0. The Morgan fingerprint density at radius 2 is 0.750 bits per heavy atom. The van der Waals surface area contributed by atoms with Crippen molar-refractivity contribution in [3.05, 3.63) is 0 Å². The minimum atomic E-state index is 0. The van der Waals surface area contributed by atoms with Crippen molar-refractivity contribution in [3.63, 3.8) is 0 Å². The van der Waals surface area contributed by atoms with Gasteiger partial charge in [0.1, 0.15) is 0 Å². The third-order valence-corrected chi connectivity index (χ3v) is 0. The molecule has 1 nitrogen and oxygen atoms in total. The molecule has 0 aliphatic heterocycles. The quantitative estimate of drug-likeness (QED) is 0.492. The van der Waals surface area contributed by atoms with Gasteiger partial charge in [0.2, 0.25) is 0 Å². The van der Waals surface area contributed by atoms with E-state index in [-0.39, 0.29) is 71.3 Å². The summed E-state index contributed by atoms with van der Waals surface area (Å²) < 4.78 is 0. The van der Waals surface area contributed by atoms with Gasteiger partial charge < -0.3 is 5.48 Å². The first-order valence-corrected chi connectivity index (χ1v) is 0. The van der Waals surface area contributed by atoms with Gasteiger partial charge in [-0.25, -0.2) is 0 Å². The summed E-state index contributed by atoms with van der Waals surface area (Å²) >= 11 is 0. The van der Waals surface area contributed by atoms with E-state index in [9.17, 15) is 0 Å². The van der Waals surface area contributed by atoms with Crippen LogP contribution in [0.5, 0.6) is 0 Å². The molecule has 0 aromatic heterocycles. The third-order valence-electron chi connectivity index (χ3n) is 0. The second-order valence-corrected chi connectivity index (χ2v) is 0. The van der Waals surface area contributed by atoms with Crippen LogP contribution < -0.4 is 0 Å². The summed E-state index contributed by atoms with van der Waals surface area (Å²) in [5, 5.41) is 0. The van der Waals surface area contributed by atoms with E-state index >= 15 is 0 Å². The molecule has 0 aromatic carbocycles. The summed E-state index contributed by atoms with van der Waals surface area (Å²) in [7, 11) is 0. The first kappa shape index (κ1) is 35.6. The molecule has 0 heterocycles. The molecular formula is NbOTi2+11. The Morgan fingerprint density at radius 1 is 0.750 bits per heavy atom. The average Bonchev–Trinajstić information content (AvgIpc) is 0. The summed E-state index contributed by atoms with van der Waals surface area (Å²) in [6.07, 6.45) is 0. The maximum Gasteiger partial charge on any atom is 5.00 e. The van der Waals surface area contributed by atoms with Crippen LogP contribution >= 0.6 is 0 Å². The van der Waals surface area contributed by atoms with Crippen LogP contribution in [0.1, 0.15) is 0 Å². The van der Waals surface area contributed by atoms with Gasteiger partial charge in [-0.15, -0.1) is 0 Å². The molecule has 0 spiro atoms. The van der Waals surface area contributed by atoms with Crippen LogP contribution in [0.15, 0.2) is 0 Å². The van der Waals surface area contributed by atoms with Crippen LogP contribution in [-0.2, 0) is 71.3 Å². The molecule has 0 radical (unpaired) electrons. The van der Waals surface area contributed by atoms with Crippen LogP contribution in [0.4, 0.5) is 0 Å². The van der Waals surface area contributed by atoms with Gasteiger partial charge in [-0.3, -0.25) is 0 Å². The van der Waals surface area contributed by atoms with Crippen LogP contribution in [0.3, 0.4) is 0 Å². The fraction of sp³-hybridized carbons (Fsp3) is 0. The number of rotatable bonds is 0. The Balaban J connectivity index is 0. The molecule has 0 bridgehead atoms. The van der Waals surface area contributed by atoms with Crippen molar-refractivity contribution in [2.24, 2.45) is 0 Å². The molecule has 4 heteroatoms. The van der Waals surface area contributed by atoms with Gasteiger partial charge in [0.05, 0.1) is 0 Å². The molecule has 4 heavy (non-hydrogen) atoms. The Bertz CT molecular complexity index is 6.00. The molecule has 0 aromatic rings. The summed E-state index contributed by atoms with van der Waals surface area (Å²) in [6, 6.07) is 0. The molecule has 0 amide bonds. The van der Waals surface area contributed by atoms with Crippen LogP contribution in [0, 0.1) is 0 Å². The summed E-state index contributed by atoms with van der Waals surface area (Å²) in [6.45, 7) is 0. The van der Waals surface area contributed by atoms with Gasteiger partial charge >= 0.3 is 65.8 Å². The topological polar surface area (TPSA) is 28.5 Å². The van der Waals surface area contributed by atoms with E-state index in [2.05, 4.69) is 0 Å². The third kappa shape index (κ3) is 8.92. The van der Waals surface area contributed by atoms with Crippen molar-refractivity contribution in [1.82, 2.24) is 0 Å². The SMILES string of the molecule is [Nb+5].[O-2].[Ti+4].[Ti+4]. The zero-order chi connectivity index (χ0) is 0. The van der Waals surface area contributed by atoms with Crippen LogP contribution in [0.25, 0.3) is 0 Å². The van der Waals surface area contributed by atoms with E-state index in [0.29, 0.717) is 0 Å². The van der Waals surface area contributed by atoms with Crippen LogP contribution in [-0.4, -0.2) is 0 Å². The Hall–Kier alpha value is 2.13. The predicted octanol–water partition coefficient (Wildman–Crippen LogP) is -0.126. The minimum Gasteiger partial charge on any atom is -2.00 e. The first-order chi connectivity index (χ1) is 0. The largest absolute Gasteiger partial charge is 5.00 e. The van der Waals surface area contributed by atoms with E-state index in [0.717, 1.165) is 0 Å². The first-order valence-electron chi connectivity index (χ1n) is 0. The van der Waals surface area contributed by atoms with Crippen molar-refractivity contribution in [1.29, 1.82) is 0 Å². The van der Waals surface area contributed by atoms with E-state index < -0.39 is 0 Å². The monoisotopic (exact) mass is 205 g/mol. The smallest absolute Gasteiger partial charge is 2.00 e. The normalized spacial score (nSPS) is 0. The van der Waals surface area contributed by atoms with Crippen molar-refractivity contribution >= 4 is 0 Å². The molecule has 0 unspecified atom stereocenters. The van der Waals surface area contributed by atoms with Gasteiger partial charge in [0, 0.05) is 0 Å². The minimum absolute atomic E-state index is 0. The van der Waals surface area contributed by atoms with E-state index in [1.807, 2.05) is 0 Å². The Labute approximate surface area is 70.5 Å². The van der Waals surface area contributed by atoms with E-state index in [1.165, 1.54) is 0 Å². The fourth-order valence-electron chi connectivity index (χ4n) is 0. The molecule has 0 rings (SSSR count). The fourth-order valence-corrected chi connectivity index (χ4v) is 0. The summed E-state index contributed by atoms with van der Waals surface area (Å²) in [5.41, 5.74) is 0. The zero-order valence-electron chi connectivity index (χ0n) is 1.86. The molecule has 0 saturated carbocycles. The maximum absolute atomic E-state index is 0. The van der Waals surface area contributed by atoms with Gasteiger partial charge in [-0.2, -0.15) is 0 Å². The van der Waals surface area contributed by atoms with Crippen molar-refractivity contribution in [2.45, 2.75) is 0 Å². The van der Waals surface area contributed by atoms with Crippen molar-refractivity contribution < 1.29 is 71.3 Å². The molecule has 8 valence electrons. The van der Waals surface area contributed by atoms with E-state index in [1.54, 1.807) is 0 Å². The van der Waals surface area contributed by atoms with Gasteiger partial charge in [0.25, 0.3) is 0 Å².